The van der Waals surface area contributed by atoms with Crippen molar-refractivity contribution in [3.05, 3.63) is 54.6 Å². The number of hydrogen-bond donors (Lipinski definition) is 1. The number of nitrogens with zero attached hydrogens (tertiary/aromatic N) is 5. The number of amides is 2. The van der Waals surface area contributed by atoms with Gasteiger partial charge < -0.3 is 29.2 Å². The van der Waals surface area contributed by atoms with Crippen LogP contribution in [0, 0.1) is 0 Å². The Kier molecular flexibility index (Phi) is 7.90. The van der Waals surface area contributed by atoms with Gasteiger partial charge in [-0.1, -0.05) is 6.07 Å². The van der Waals surface area contributed by atoms with Crippen LogP contribution in [0.15, 0.2) is 48.9 Å². The van der Waals surface area contributed by atoms with Gasteiger partial charge in [0.2, 0.25) is 0 Å². The number of ether oxygens (including phenoxy) is 4. The molecule has 1 aromatic carbocycles. The number of fused-ring (bicyclic) bond motifs is 2. The van der Waals surface area contributed by atoms with Crippen molar-refractivity contribution in [2.45, 2.75) is 39.0 Å². The molecule has 212 valence electrons. The van der Waals surface area contributed by atoms with E-state index < -0.39 is 5.60 Å². The molecule has 1 atom stereocenters. The Labute approximate surface area is 231 Å². The van der Waals surface area contributed by atoms with Crippen LogP contribution >= 0.6 is 0 Å². The molecular weight excluding hydrogens is 516 g/mol. The SMILES string of the molecule is COCCOc1ccn2c(C(=O)Nc3cccc4c3cnn4CC3CN(C(=O)OC(C)(C)C)CCO3)cnc2c1. The molecule has 40 heavy (non-hydrogen) atoms. The first-order valence-corrected chi connectivity index (χ1v) is 13.2. The maximum absolute atomic E-state index is 13.2. The van der Waals surface area contributed by atoms with Crippen LogP contribution in [0.2, 0.25) is 0 Å². The summed E-state index contributed by atoms with van der Waals surface area (Å²) in [6.07, 6.45) is 4.41. The van der Waals surface area contributed by atoms with E-state index in [-0.39, 0.29) is 18.1 Å². The highest BCUT2D eigenvalue weighted by atomic mass is 16.6. The zero-order valence-electron chi connectivity index (χ0n) is 23.1. The smallest absolute Gasteiger partial charge is 0.410 e. The molecule has 1 N–H and O–H groups in total. The maximum Gasteiger partial charge on any atom is 0.410 e. The van der Waals surface area contributed by atoms with Gasteiger partial charge in [-0.15, -0.1) is 0 Å². The summed E-state index contributed by atoms with van der Waals surface area (Å²) in [6, 6.07) is 9.19. The second-order valence-electron chi connectivity index (χ2n) is 10.5. The monoisotopic (exact) mass is 550 g/mol. The lowest BCUT2D eigenvalue weighted by atomic mass is 10.2. The summed E-state index contributed by atoms with van der Waals surface area (Å²) < 4.78 is 25.6. The minimum Gasteiger partial charge on any atom is -0.491 e. The van der Waals surface area contributed by atoms with E-state index in [0.29, 0.717) is 62.2 Å². The zero-order valence-corrected chi connectivity index (χ0v) is 23.1. The number of morpholine rings is 1. The van der Waals surface area contributed by atoms with E-state index in [1.165, 1.54) is 6.20 Å². The topological polar surface area (TPSA) is 121 Å². The van der Waals surface area contributed by atoms with E-state index >= 15 is 0 Å². The van der Waals surface area contributed by atoms with Crippen molar-refractivity contribution in [1.29, 1.82) is 0 Å². The lowest BCUT2D eigenvalue weighted by Crippen LogP contribution is -2.48. The van der Waals surface area contributed by atoms with Gasteiger partial charge in [-0.3, -0.25) is 13.9 Å². The molecule has 0 saturated carbocycles. The summed E-state index contributed by atoms with van der Waals surface area (Å²) in [7, 11) is 1.62. The summed E-state index contributed by atoms with van der Waals surface area (Å²) in [6.45, 7) is 8.20. The van der Waals surface area contributed by atoms with Crippen LogP contribution < -0.4 is 10.1 Å². The summed E-state index contributed by atoms with van der Waals surface area (Å²) in [4.78, 5) is 31.8. The number of nitrogens with one attached hydrogen (secondary N) is 1. The van der Waals surface area contributed by atoms with Crippen LogP contribution in [0.25, 0.3) is 16.6 Å². The highest BCUT2D eigenvalue weighted by molar-refractivity contribution is 6.08. The number of hydrogen-bond acceptors (Lipinski definition) is 8. The van der Waals surface area contributed by atoms with E-state index in [1.807, 2.05) is 43.7 Å². The summed E-state index contributed by atoms with van der Waals surface area (Å²) in [5, 5.41) is 8.34. The standard InChI is InChI=1S/C28H34N6O6/c1-28(2,3)40-27(36)32-10-11-38-20(17-32)18-34-23-7-5-6-22(21(23)15-30-34)31-26(35)24-16-29-25-14-19(8-9-33(24)25)39-13-12-37-4/h5-9,14-16,20H,10-13,17-18H2,1-4H3,(H,31,35). The van der Waals surface area contributed by atoms with Gasteiger partial charge in [0.05, 0.1) is 56.0 Å². The fourth-order valence-electron chi connectivity index (χ4n) is 4.52. The summed E-state index contributed by atoms with van der Waals surface area (Å²) in [5.41, 5.74) is 1.89. The highest BCUT2D eigenvalue weighted by Gasteiger charge is 2.29. The maximum atomic E-state index is 13.2. The molecule has 1 aliphatic heterocycles. The minimum atomic E-state index is -0.561. The fraction of sp³-hybridized carbons (Fsp3) is 0.429. The van der Waals surface area contributed by atoms with Crippen molar-refractivity contribution in [3.8, 4) is 5.75 Å². The van der Waals surface area contributed by atoms with Crippen LogP contribution in [0.5, 0.6) is 5.75 Å². The molecule has 0 bridgehead atoms. The number of pyridine rings is 1. The van der Waals surface area contributed by atoms with Crippen molar-refractivity contribution >= 4 is 34.2 Å². The van der Waals surface area contributed by atoms with Gasteiger partial charge in [0.1, 0.15) is 29.3 Å². The predicted molar refractivity (Wildman–Crippen MR) is 148 cm³/mol. The van der Waals surface area contributed by atoms with Crippen molar-refractivity contribution in [2.24, 2.45) is 0 Å². The molecule has 1 saturated heterocycles. The van der Waals surface area contributed by atoms with Crippen LogP contribution in [0.3, 0.4) is 0 Å². The van der Waals surface area contributed by atoms with Gasteiger partial charge in [-0.25, -0.2) is 9.78 Å². The molecule has 2 amide bonds. The average molecular weight is 551 g/mol. The first kappa shape index (κ1) is 27.4. The summed E-state index contributed by atoms with van der Waals surface area (Å²) in [5.74, 6) is 0.347. The van der Waals surface area contributed by atoms with E-state index in [1.54, 1.807) is 40.9 Å². The van der Waals surface area contributed by atoms with Gasteiger partial charge in [-0.05, 0) is 39.0 Å². The number of carbonyl (C=O) groups excluding carboxylic acids is 2. The molecule has 0 aliphatic carbocycles. The van der Waals surface area contributed by atoms with Gasteiger partial charge in [0, 0.05) is 31.3 Å². The van der Waals surface area contributed by atoms with E-state index in [0.717, 1.165) is 10.9 Å². The Bertz CT molecular complexity index is 1510. The molecule has 3 aromatic heterocycles. The first-order chi connectivity index (χ1) is 19.2. The van der Waals surface area contributed by atoms with Crippen LogP contribution in [-0.4, -0.2) is 87.8 Å². The quantitative estimate of drug-likeness (QED) is 0.331. The first-order valence-electron chi connectivity index (χ1n) is 13.2. The molecule has 1 unspecified atom stereocenters. The predicted octanol–water partition coefficient (Wildman–Crippen LogP) is 3.60. The third-order valence-corrected chi connectivity index (χ3v) is 6.38. The van der Waals surface area contributed by atoms with Gasteiger partial charge in [0.15, 0.2) is 0 Å². The second kappa shape index (κ2) is 11.5. The van der Waals surface area contributed by atoms with Gasteiger partial charge >= 0.3 is 6.09 Å². The van der Waals surface area contributed by atoms with E-state index in [2.05, 4.69) is 15.4 Å². The number of methoxy groups -OCH3 is 1. The number of rotatable bonds is 8. The van der Waals surface area contributed by atoms with Crippen molar-refractivity contribution in [2.75, 3.05) is 45.3 Å². The average Bonchev–Trinajstić information content (AvgIpc) is 3.53. The third kappa shape index (κ3) is 6.18. The highest BCUT2D eigenvalue weighted by Crippen LogP contribution is 2.25. The van der Waals surface area contributed by atoms with Gasteiger partial charge in [-0.2, -0.15) is 5.10 Å². The fourth-order valence-corrected chi connectivity index (χ4v) is 4.52. The zero-order chi connectivity index (χ0) is 28.3. The number of anilines is 1. The number of benzene rings is 1. The molecule has 12 heteroatoms. The second-order valence-corrected chi connectivity index (χ2v) is 10.5. The molecule has 1 fully saturated rings. The molecule has 1 aliphatic rings. The van der Waals surface area contributed by atoms with E-state index in [9.17, 15) is 9.59 Å². The Morgan fingerprint density at radius 1 is 1.18 bits per heavy atom. The van der Waals surface area contributed by atoms with Crippen molar-refractivity contribution in [3.63, 3.8) is 0 Å². The normalized spacial score (nSPS) is 15.9. The third-order valence-electron chi connectivity index (χ3n) is 6.38. The molecule has 4 heterocycles. The lowest BCUT2D eigenvalue weighted by molar-refractivity contribution is -0.0479. The van der Waals surface area contributed by atoms with Crippen molar-refractivity contribution in [1.82, 2.24) is 24.1 Å². The summed E-state index contributed by atoms with van der Waals surface area (Å²) >= 11 is 0. The van der Waals surface area contributed by atoms with Crippen LogP contribution in [0.1, 0.15) is 31.3 Å². The molecule has 12 nitrogen and oxygen atoms in total. The molecule has 0 radical (unpaired) electrons. The Morgan fingerprint density at radius 2 is 2.02 bits per heavy atom. The Morgan fingerprint density at radius 3 is 2.83 bits per heavy atom. The number of aromatic nitrogens is 4. The van der Waals surface area contributed by atoms with Crippen LogP contribution in [-0.2, 0) is 20.8 Å². The molecule has 5 rings (SSSR count). The number of imidazole rings is 1. The largest absolute Gasteiger partial charge is 0.491 e. The van der Waals surface area contributed by atoms with Gasteiger partial charge in [0.25, 0.3) is 5.91 Å². The Balaban J connectivity index is 1.28. The lowest BCUT2D eigenvalue weighted by Gasteiger charge is -2.34. The van der Waals surface area contributed by atoms with E-state index in [4.69, 9.17) is 18.9 Å². The molecule has 0 spiro atoms. The number of carbonyl (C=O) groups is 2. The van der Waals surface area contributed by atoms with Crippen molar-refractivity contribution < 1.29 is 28.5 Å². The Hall–Kier alpha value is -4.16. The minimum absolute atomic E-state index is 0.246. The molecule has 4 aromatic rings. The molecular formula is C28H34N6O6. The van der Waals surface area contributed by atoms with Crippen LogP contribution in [0.4, 0.5) is 10.5 Å².